The Hall–Kier alpha value is -1.85. The van der Waals surface area contributed by atoms with Gasteiger partial charge < -0.3 is 10.0 Å². The van der Waals surface area contributed by atoms with E-state index in [9.17, 15) is 9.59 Å². The van der Waals surface area contributed by atoms with Gasteiger partial charge in [0.15, 0.2) is 0 Å². The van der Waals surface area contributed by atoms with Crippen LogP contribution in [0.1, 0.15) is 47.8 Å². The van der Waals surface area contributed by atoms with E-state index in [2.05, 4.69) is 10.2 Å². The van der Waals surface area contributed by atoms with Crippen LogP contribution < -0.4 is 0 Å². The minimum Gasteiger partial charge on any atom is -0.480 e. The third kappa shape index (κ3) is 1.87. The van der Waals surface area contributed by atoms with Crippen molar-refractivity contribution in [2.45, 2.75) is 37.6 Å². The molecule has 1 atom stereocenters. The zero-order valence-corrected chi connectivity index (χ0v) is 9.93. The number of hydrogen-bond donors (Lipinski definition) is 2. The molecule has 2 heterocycles. The second kappa shape index (κ2) is 4.12. The quantitative estimate of drug-likeness (QED) is 0.836. The molecule has 1 saturated heterocycles. The van der Waals surface area contributed by atoms with Crippen molar-refractivity contribution in [3.05, 3.63) is 17.5 Å². The van der Waals surface area contributed by atoms with Crippen LogP contribution in [-0.2, 0) is 4.79 Å². The second-order valence-electron chi connectivity index (χ2n) is 4.98. The minimum atomic E-state index is -0.932. The molecule has 1 aromatic heterocycles. The first-order valence-corrected chi connectivity index (χ1v) is 6.26. The van der Waals surface area contributed by atoms with Crippen molar-refractivity contribution in [1.82, 2.24) is 15.1 Å². The summed E-state index contributed by atoms with van der Waals surface area (Å²) in [6, 6.07) is 1.07. The number of H-pyrrole nitrogens is 1. The average molecular weight is 249 g/mol. The lowest BCUT2D eigenvalue weighted by atomic mass is 10.2. The maximum Gasteiger partial charge on any atom is 0.326 e. The molecule has 1 aliphatic carbocycles. The van der Waals surface area contributed by atoms with Crippen LogP contribution in [0.4, 0.5) is 0 Å². The molecule has 1 saturated carbocycles. The molecule has 6 heteroatoms. The van der Waals surface area contributed by atoms with Crippen molar-refractivity contribution in [2.75, 3.05) is 6.54 Å². The number of hydrogen-bond acceptors (Lipinski definition) is 3. The molecule has 0 bridgehead atoms. The number of carboxylic acids is 1. The van der Waals surface area contributed by atoms with E-state index in [0.717, 1.165) is 25.0 Å². The molecule has 0 spiro atoms. The van der Waals surface area contributed by atoms with Crippen molar-refractivity contribution in [3.63, 3.8) is 0 Å². The fraction of sp³-hybridized carbons (Fsp3) is 0.583. The predicted octanol–water partition coefficient (Wildman–Crippen LogP) is 0.976. The number of aromatic nitrogens is 2. The molecule has 3 rings (SSSR count). The average Bonchev–Trinajstić information content (AvgIpc) is 2.92. The highest BCUT2D eigenvalue weighted by molar-refractivity contribution is 5.95. The molecule has 2 aliphatic rings. The summed E-state index contributed by atoms with van der Waals surface area (Å²) in [7, 11) is 0. The van der Waals surface area contributed by atoms with Crippen LogP contribution in [0.3, 0.4) is 0 Å². The largest absolute Gasteiger partial charge is 0.480 e. The van der Waals surface area contributed by atoms with Crippen molar-refractivity contribution < 1.29 is 14.7 Å². The molecule has 2 fully saturated rings. The molecular weight excluding hydrogens is 234 g/mol. The number of carbonyl (C=O) groups is 2. The lowest BCUT2D eigenvalue weighted by Crippen LogP contribution is -2.40. The molecule has 2 N–H and O–H groups in total. The Kier molecular flexibility index (Phi) is 2.57. The van der Waals surface area contributed by atoms with Gasteiger partial charge in [0.1, 0.15) is 11.7 Å². The van der Waals surface area contributed by atoms with E-state index < -0.39 is 12.0 Å². The van der Waals surface area contributed by atoms with E-state index in [0.29, 0.717) is 24.6 Å². The van der Waals surface area contributed by atoms with Crippen LogP contribution in [0, 0.1) is 0 Å². The normalized spacial score (nSPS) is 23.3. The Balaban J connectivity index is 1.78. The molecule has 18 heavy (non-hydrogen) atoms. The number of carboxylic acid groups (broad SMARTS) is 1. The third-order valence-electron chi connectivity index (χ3n) is 3.63. The van der Waals surface area contributed by atoms with Crippen LogP contribution in [0.5, 0.6) is 0 Å². The first kappa shape index (κ1) is 11.3. The summed E-state index contributed by atoms with van der Waals surface area (Å²) in [4.78, 5) is 24.7. The number of rotatable bonds is 3. The highest BCUT2D eigenvalue weighted by Gasteiger charge is 2.36. The van der Waals surface area contributed by atoms with Gasteiger partial charge in [-0.2, -0.15) is 5.10 Å². The smallest absolute Gasteiger partial charge is 0.326 e. The SMILES string of the molecule is O=C(O)C1CCCN1C(=O)c1cc(C2CC2)[nH]n1. The van der Waals surface area contributed by atoms with Gasteiger partial charge in [-0.05, 0) is 31.7 Å². The van der Waals surface area contributed by atoms with Crippen LogP contribution in [0.15, 0.2) is 6.07 Å². The highest BCUT2D eigenvalue weighted by Crippen LogP contribution is 2.39. The monoisotopic (exact) mass is 249 g/mol. The van der Waals surface area contributed by atoms with E-state index >= 15 is 0 Å². The van der Waals surface area contributed by atoms with Gasteiger partial charge in [0.2, 0.25) is 0 Å². The Morgan fingerprint density at radius 3 is 2.83 bits per heavy atom. The second-order valence-corrected chi connectivity index (χ2v) is 4.98. The predicted molar refractivity (Wildman–Crippen MR) is 62.3 cm³/mol. The number of amides is 1. The zero-order valence-electron chi connectivity index (χ0n) is 9.93. The molecule has 1 unspecified atom stereocenters. The molecule has 1 aromatic rings. The summed E-state index contributed by atoms with van der Waals surface area (Å²) in [6.07, 6.45) is 3.54. The zero-order chi connectivity index (χ0) is 12.7. The number of carbonyl (C=O) groups excluding carboxylic acids is 1. The van der Waals surface area contributed by atoms with Crippen molar-refractivity contribution in [1.29, 1.82) is 0 Å². The van der Waals surface area contributed by atoms with Gasteiger partial charge in [-0.3, -0.25) is 9.89 Å². The van der Waals surface area contributed by atoms with Crippen LogP contribution in [0.2, 0.25) is 0 Å². The summed E-state index contributed by atoms with van der Waals surface area (Å²) < 4.78 is 0. The van der Waals surface area contributed by atoms with E-state index in [1.165, 1.54) is 4.90 Å². The Labute approximate surface area is 104 Å². The van der Waals surface area contributed by atoms with Gasteiger partial charge in [0.25, 0.3) is 5.91 Å². The molecule has 96 valence electrons. The van der Waals surface area contributed by atoms with Gasteiger partial charge in [0, 0.05) is 18.2 Å². The van der Waals surface area contributed by atoms with Crippen LogP contribution in [0.25, 0.3) is 0 Å². The third-order valence-corrected chi connectivity index (χ3v) is 3.63. The lowest BCUT2D eigenvalue weighted by Gasteiger charge is -2.19. The topological polar surface area (TPSA) is 86.3 Å². The van der Waals surface area contributed by atoms with E-state index in [1.807, 2.05) is 0 Å². The number of aliphatic carboxylic acids is 1. The number of likely N-dealkylation sites (tertiary alicyclic amines) is 1. The van der Waals surface area contributed by atoms with Gasteiger partial charge in [-0.1, -0.05) is 0 Å². The molecule has 0 aromatic carbocycles. The van der Waals surface area contributed by atoms with Crippen molar-refractivity contribution >= 4 is 11.9 Å². The number of aromatic amines is 1. The fourth-order valence-corrected chi connectivity index (χ4v) is 2.46. The Morgan fingerprint density at radius 1 is 1.39 bits per heavy atom. The summed E-state index contributed by atoms with van der Waals surface area (Å²) in [5.74, 6) is -0.699. The van der Waals surface area contributed by atoms with Crippen molar-refractivity contribution in [2.24, 2.45) is 0 Å². The van der Waals surface area contributed by atoms with Crippen LogP contribution in [-0.4, -0.2) is 44.7 Å². The van der Waals surface area contributed by atoms with E-state index in [1.54, 1.807) is 6.07 Å². The van der Waals surface area contributed by atoms with Gasteiger partial charge in [-0.15, -0.1) is 0 Å². The first-order valence-electron chi connectivity index (χ1n) is 6.26. The van der Waals surface area contributed by atoms with E-state index in [4.69, 9.17) is 5.11 Å². The maximum absolute atomic E-state index is 12.2. The summed E-state index contributed by atoms with van der Waals surface area (Å²) in [5.41, 5.74) is 1.33. The maximum atomic E-state index is 12.2. The number of nitrogens with zero attached hydrogens (tertiary/aromatic N) is 2. The fourth-order valence-electron chi connectivity index (χ4n) is 2.46. The lowest BCUT2D eigenvalue weighted by molar-refractivity contribution is -0.141. The van der Waals surface area contributed by atoms with Gasteiger partial charge >= 0.3 is 5.97 Å². The molecule has 1 amide bonds. The van der Waals surface area contributed by atoms with Gasteiger partial charge in [-0.25, -0.2) is 4.79 Å². The Bertz CT molecular complexity index is 493. The summed E-state index contributed by atoms with van der Waals surface area (Å²) in [5, 5.41) is 15.9. The van der Waals surface area contributed by atoms with Crippen LogP contribution >= 0.6 is 0 Å². The molecule has 1 aliphatic heterocycles. The Morgan fingerprint density at radius 2 is 2.17 bits per heavy atom. The first-order chi connectivity index (χ1) is 8.66. The van der Waals surface area contributed by atoms with Crippen molar-refractivity contribution in [3.8, 4) is 0 Å². The molecule has 0 radical (unpaired) electrons. The van der Waals surface area contributed by atoms with Gasteiger partial charge in [0.05, 0.1) is 0 Å². The minimum absolute atomic E-state index is 0.275. The number of nitrogens with one attached hydrogen (secondary N) is 1. The summed E-state index contributed by atoms with van der Waals surface area (Å²) >= 11 is 0. The molecular formula is C12H15N3O3. The molecule has 6 nitrogen and oxygen atoms in total. The summed E-state index contributed by atoms with van der Waals surface area (Å²) in [6.45, 7) is 0.501. The van der Waals surface area contributed by atoms with E-state index in [-0.39, 0.29) is 5.91 Å². The highest BCUT2D eigenvalue weighted by atomic mass is 16.4. The standard InChI is InChI=1S/C12H15N3O3/c16-11(15-5-1-2-10(15)12(17)18)9-6-8(13-14-9)7-3-4-7/h6-7,10H,1-5H2,(H,13,14)(H,17,18).